The minimum Gasteiger partial charge on any atom is -0.462 e. The molecule has 162 valence electrons. The van der Waals surface area contributed by atoms with Crippen LogP contribution in [0.3, 0.4) is 0 Å². The van der Waals surface area contributed by atoms with Gasteiger partial charge in [-0.1, -0.05) is 11.6 Å². The van der Waals surface area contributed by atoms with E-state index in [-0.39, 0.29) is 42.5 Å². The van der Waals surface area contributed by atoms with Crippen molar-refractivity contribution in [1.29, 1.82) is 0 Å². The van der Waals surface area contributed by atoms with Crippen molar-refractivity contribution >= 4 is 44.9 Å². The Bertz CT molecular complexity index is 1010. The predicted molar refractivity (Wildman–Crippen MR) is 114 cm³/mol. The lowest BCUT2D eigenvalue weighted by atomic mass is 10.2. The van der Waals surface area contributed by atoms with Crippen LogP contribution in [0.1, 0.15) is 30.1 Å². The number of carbonyl (C=O) groups is 2. The van der Waals surface area contributed by atoms with Crippen LogP contribution in [0.4, 0.5) is 15.8 Å². The third kappa shape index (κ3) is 6.70. The maximum absolute atomic E-state index is 13.1. The van der Waals surface area contributed by atoms with Crippen LogP contribution in [0.25, 0.3) is 0 Å². The number of rotatable bonds is 9. The first kappa shape index (κ1) is 23.6. The van der Waals surface area contributed by atoms with Crippen LogP contribution in [-0.2, 0) is 19.6 Å². The molecule has 1 N–H and O–H groups in total. The molecule has 10 heteroatoms. The van der Waals surface area contributed by atoms with Gasteiger partial charge in [0.2, 0.25) is 15.9 Å². The van der Waals surface area contributed by atoms with Crippen molar-refractivity contribution in [2.24, 2.45) is 0 Å². The molecule has 0 aliphatic heterocycles. The summed E-state index contributed by atoms with van der Waals surface area (Å²) in [5.41, 5.74) is 0.914. The first-order valence-corrected chi connectivity index (χ1v) is 11.3. The van der Waals surface area contributed by atoms with Crippen LogP contribution in [0.15, 0.2) is 42.5 Å². The maximum atomic E-state index is 13.1. The Morgan fingerprint density at radius 3 is 2.40 bits per heavy atom. The second-order valence-corrected chi connectivity index (χ2v) is 8.69. The van der Waals surface area contributed by atoms with E-state index in [0.717, 1.165) is 10.6 Å². The van der Waals surface area contributed by atoms with E-state index in [1.165, 1.54) is 42.5 Å². The molecular weight excluding hydrogens is 435 g/mol. The van der Waals surface area contributed by atoms with E-state index in [2.05, 4.69) is 5.32 Å². The SMILES string of the molecule is CCOC(=O)c1ccc(NC(=O)CCCN(c2ccc(F)cc2)S(C)(=O)=O)cc1Cl. The summed E-state index contributed by atoms with van der Waals surface area (Å²) in [7, 11) is -3.59. The minimum absolute atomic E-state index is 0.0461. The Labute approximate surface area is 179 Å². The number of halogens is 2. The first-order chi connectivity index (χ1) is 14.1. The molecule has 0 saturated carbocycles. The van der Waals surface area contributed by atoms with Crippen molar-refractivity contribution in [3.63, 3.8) is 0 Å². The molecule has 0 saturated heterocycles. The molecule has 2 rings (SSSR count). The van der Waals surface area contributed by atoms with E-state index in [4.69, 9.17) is 16.3 Å². The Morgan fingerprint density at radius 2 is 1.83 bits per heavy atom. The summed E-state index contributed by atoms with van der Waals surface area (Å²) >= 11 is 6.07. The number of esters is 1. The summed E-state index contributed by atoms with van der Waals surface area (Å²) in [5, 5.41) is 2.79. The summed E-state index contributed by atoms with van der Waals surface area (Å²) < 4.78 is 43.2. The smallest absolute Gasteiger partial charge is 0.339 e. The largest absolute Gasteiger partial charge is 0.462 e. The number of nitrogens with one attached hydrogen (secondary N) is 1. The van der Waals surface area contributed by atoms with Crippen molar-refractivity contribution in [1.82, 2.24) is 0 Å². The van der Waals surface area contributed by atoms with Gasteiger partial charge in [-0.2, -0.15) is 0 Å². The highest BCUT2D eigenvalue weighted by Gasteiger charge is 2.18. The second-order valence-electron chi connectivity index (χ2n) is 6.38. The van der Waals surface area contributed by atoms with Gasteiger partial charge >= 0.3 is 5.97 Å². The topological polar surface area (TPSA) is 92.8 Å². The van der Waals surface area contributed by atoms with Crippen molar-refractivity contribution in [2.45, 2.75) is 19.8 Å². The predicted octanol–water partition coefficient (Wildman–Crippen LogP) is 3.84. The minimum atomic E-state index is -3.59. The lowest BCUT2D eigenvalue weighted by Crippen LogP contribution is -2.31. The van der Waals surface area contributed by atoms with Gasteiger partial charge in [0, 0.05) is 18.7 Å². The van der Waals surface area contributed by atoms with E-state index < -0.39 is 21.8 Å². The zero-order chi connectivity index (χ0) is 22.3. The third-order valence-electron chi connectivity index (χ3n) is 4.03. The Morgan fingerprint density at radius 1 is 1.17 bits per heavy atom. The van der Waals surface area contributed by atoms with Crippen LogP contribution in [0, 0.1) is 5.82 Å². The Kier molecular flexibility index (Phi) is 8.19. The number of hydrogen-bond acceptors (Lipinski definition) is 5. The van der Waals surface area contributed by atoms with Crippen molar-refractivity contribution in [2.75, 3.05) is 29.0 Å². The van der Waals surface area contributed by atoms with Gasteiger partial charge in [-0.3, -0.25) is 9.10 Å². The average Bonchev–Trinajstić information content (AvgIpc) is 2.65. The highest BCUT2D eigenvalue weighted by molar-refractivity contribution is 7.92. The molecule has 7 nitrogen and oxygen atoms in total. The summed E-state index contributed by atoms with van der Waals surface area (Å²) in [4.78, 5) is 23.9. The van der Waals surface area contributed by atoms with Crippen LogP contribution < -0.4 is 9.62 Å². The normalized spacial score (nSPS) is 11.1. The number of nitrogens with zero attached hydrogens (tertiary/aromatic N) is 1. The fraction of sp³-hybridized carbons (Fsp3) is 0.300. The standard InChI is InChI=1S/C20H22ClFN2O5S/c1-3-29-20(26)17-11-8-15(13-18(17)21)23-19(25)5-4-12-24(30(2,27)28)16-9-6-14(22)7-10-16/h6-11,13H,3-5,12H2,1-2H3,(H,23,25). The van der Waals surface area contributed by atoms with Crippen LogP contribution in [-0.4, -0.2) is 39.7 Å². The molecule has 0 fully saturated rings. The number of sulfonamides is 1. The van der Waals surface area contributed by atoms with Crippen LogP contribution in [0.2, 0.25) is 5.02 Å². The number of benzene rings is 2. The van der Waals surface area contributed by atoms with E-state index in [1.54, 1.807) is 6.92 Å². The Hall–Kier alpha value is -2.65. The molecule has 0 bridgehead atoms. The summed E-state index contributed by atoms with van der Waals surface area (Å²) in [5.74, 6) is -1.37. The zero-order valence-corrected chi connectivity index (χ0v) is 18.1. The quantitative estimate of drug-likeness (QED) is 0.579. The lowest BCUT2D eigenvalue weighted by Gasteiger charge is -2.22. The van der Waals surface area contributed by atoms with Gasteiger partial charge in [0.1, 0.15) is 5.82 Å². The van der Waals surface area contributed by atoms with Crippen molar-refractivity contribution in [3.8, 4) is 0 Å². The molecule has 30 heavy (non-hydrogen) atoms. The van der Waals surface area contributed by atoms with Gasteiger partial charge in [0.05, 0.1) is 29.1 Å². The molecule has 0 unspecified atom stereocenters. The number of ether oxygens (including phenoxy) is 1. The van der Waals surface area contributed by atoms with Gasteiger partial charge in [-0.15, -0.1) is 0 Å². The fourth-order valence-electron chi connectivity index (χ4n) is 2.67. The van der Waals surface area contributed by atoms with Gasteiger partial charge in [0.15, 0.2) is 0 Å². The monoisotopic (exact) mass is 456 g/mol. The molecule has 0 spiro atoms. The van der Waals surface area contributed by atoms with Gasteiger partial charge in [0.25, 0.3) is 0 Å². The number of amides is 1. The Balaban J connectivity index is 1.95. The molecule has 0 aliphatic rings. The first-order valence-electron chi connectivity index (χ1n) is 9.11. The number of carbonyl (C=O) groups excluding carboxylic acids is 2. The third-order valence-corrected chi connectivity index (χ3v) is 5.53. The van der Waals surface area contributed by atoms with Gasteiger partial charge < -0.3 is 10.1 Å². The fourth-order valence-corrected chi connectivity index (χ4v) is 3.89. The lowest BCUT2D eigenvalue weighted by molar-refractivity contribution is -0.116. The number of hydrogen-bond donors (Lipinski definition) is 1. The van der Waals surface area contributed by atoms with E-state index in [0.29, 0.717) is 11.4 Å². The van der Waals surface area contributed by atoms with Gasteiger partial charge in [-0.25, -0.2) is 17.6 Å². The highest BCUT2D eigenvalue weighted by atomic mass is 35.5. The molecular formula is C20H22ClFN2O5S. The van der Waals surface area contributed by atoms with Crippen LogP contribution in [0.5, 0.6) is 0 Å². The van der Waals surface area contributed by atoms with Gasteiger partial charge in [-0.05, 0) is 55.8 Å². The maximum Gasteiger partial charge on any atom is 0.339 e. The van der Waals surface area contributed by atoms with Crippen LogP contribution >= 0.6 is 11.6 Å². The molecule has 2 aromatic rings. The van der Waals surface area contributed by atoms with E-state index in [1.807, 2.05) is 0 Å². The zero-order valence-electron chi connectivity index (χ0n) is 16.5. The number of anilines is 2. The molecule has 0 aromatic heterocycles. The summed E-state index contributed by atoms with van der Waals surface area (Å²) in [6, 6.07) is 9.49. The molecule has 0 radical (unpaired) electrons. The van der Waals surface area contributed by atoms with Crippen molar-refractivity contribution < 1.29 is 27.1 Å². The highest BCUT2D eigenvalue weighted by Crippen LogP contribution is 2.22. The molecule has 0 aliphatic carbocycles. The van der Waals surface area contributed by atoms with E-state index >= 15 is 0 Å². The molecule has 1 amide bonds. The second kappa shape index (κ2) is 10.4. The summed E-state index contributed by atoms with van der Waals surface area (Å²) in [6.07, 6.45) is 1.33. The molecule has 0 heterocycles. The molecule has 2 aromatic carbocycles. The molecule has 0 atom stereocenters. The van der Waals surface area contributed by atoms with Crippen molar-refractivity contribution in [3.05, 3.63) is 58.9 Å². The summed E-state index contributed by atoms with van der Waals surface area (Å²) in [6.45, 7) is 1.96. The van der Waals surface area contributed by atoms with E-state index in [9.17, 15) is 22.4 Å². The average molecular weight is 457 g/mol.